The van der Waals surface area contributed by atoms with Gasteiger partial charge in [-0.1, -0.05) is 233 Å². The maximum Gasteiger partial charge on any atom is 0.0776 e. The number of benzene rings is 11. The van der Waals surface area contributed by atoms with Gasteiger partial charge in [-0.3, -0.25) is 0 Å². The van der Waals surface area contributed by atoms with E-state index < -0.39 is 8.07 Å². The number of nitrogens with zero attached hydrogens (tertiary/aromatic N) is 4. The number of rotatable bonds is 9. The Kier molecular flexibility index (Phi) is 11.9. The Hall–Kier alpha value is -9.16. The summed E-state index contributed by atoms with van der Waals surface area (Å²) in [6.45, 7) is 28.2. The van der Waals surface area contributed by atoms with Gasteiger partial charge in [-0.25, -0.2) is 0 Å². The smallest absolute Gasteiger partial charge is 0.0776 e. The lowest BCUT2D eigenvalue weighted by molar-refractivity contribution is 0.589. The zero-order valence-electron chi connectivity index (χ0n) is 51.7. The minimum Gasteiger partial charge on any atom is -0.309 e. The highest BCUT2D eigenvalue weighted by molar-refractivity contribution is 6.88. The van der Waals surface area contributed by atoms with Crippen LogP contribution < -0.4 is 15.0 Å². The van der Waals surface area contributed by atoms with Crippen LogP contribution in [0.15, 0.2) is 231 Å². The van der Waals surface area contributed by atoms with Gasteiger partial charge in [0.15, 0.2) is 0 Å². The van der Waals surface area contributed by atoms with E-state index in [1.807, 2.05) is 0 Å². The van der Waals surface area contributed by atoms with Gasteiger partial charge in [-0.05, 0) is 129 Å². The van der Waals surface area contributed by atoms with Gasteiger partial charge in [0.25, 0.3) is 0 Å². The van der Waals surface area contributed by atoms with Crippen LogP contribution in [0.4, 0.5) is 34.1 Å². The second kappa shape index (κ2) is 19.2. The fourth-order valence-corrected chi connectivity index (χ4v) is 15.2. The molecule has 0 spiro atoms. The standard InChI is InChI=1S/C81H74N4Si/c1-79(2,3)53-27-23-25-51(45-53)63-47-54(80(4,5)6)37-41-69(63)82(56-28-15-13-16-29-56)71-43-39-59-65-49-74-66(50-73(65)84-67-35-21-19-33-61(67)75(71)77(59)84)60-40-44-72(76-62-34-20-22-36-68(62)85(74)78(60)76)83(57-30-17-14-18-31-57)70-42-38-55(81(7,8)9)48-64(70)52-26-24-32-58(46-52)86(10,11)12/h13-50H,1-12H3. The van der Waals surface area contributed by atoms with E-state index in [1.54, 1.807) is 0 Å². The van der Waals surface area contributed by atoms with Gasteiger partial charge in [-0.2, -0.15) is 0 Å². The Balaban J connectivity index is 0.989. The minimum absolute atomic E-state index is 0.00897. The number of para-hydroxylation sites is 4. The number of hydrogen-bond donors (Lipinski definition) is 0. The van der Waals surface area contributed by atoms with Crippen LogP contribution in [-0.4, -0.2) is 16.9 Å². The van der Waals surface area contributed by atoms with Gasteiger partial charge < -0.3 is 18.6 Å². The van der Waals surface area contributed by atoms with Crippen molar-refractivity contribution in [2.75, 3.05) is 9.80 Å². The van der Waals surface area contributed by atoms with Crippen LogP contribution in [0.1, 0.15) is 79.0 Å². The summed E-state index contributed by atoms with van der Waals surface area (Å²) in [4.78, 5) is 5.08. The molecule has 4 nitrogen and oxygen atoms in total. The summed E-state index contributed by atoms with van der Waals surface area (Å²) in [5.41, 5.74) is 23.0. The predicted octanol–water partition coefficient (Wildman–Crippen LogP) is 22.7. The molecule has 0 aliphatic heterocycles. The average molecular weight is 1130 g/mol. The molecule has 0 fully saturated rings. The van der Waals surface area contributed by atoms with Crippen LogP contribution in [0.25, 0.3) is 98.4 Å². The Labute approximate surface area is 506 Å². The highest BCUT2D eigenvalue weighted by atomic mass is 28.3. The van der Waals surface area contributed by atoms with Crippen molar-refractivity contribution in [2.24, 2.45) is 0 Å². The highest BCUT2D eigenvalue weighted by Gasteiger charge is 2.31. The molecule has 0 saturated heterocycles. The first kappa shape index (κ1) is 53.6. The molecule has 15 rings (SSSR count). The molecule has 0 atom stereocenters. The lowest BCUT2D eigenvalue weighted by Gasteiger charge is -2.31. The Bertz CT molecular complexity index is 4830. The maximum atomic E-state index is 2.58. The van der Waals surface area contributed by atoms with E-state index in [9.17, 15) is 0 Å². The molecule has 4 heterocycles. The SMILES string of the molecule is CC(C)(C)c1cccc(-c2cc(C(C)(C)C)ccc2N(c2ccccc2)c2ccc3c4cc5c(cc4n4c6ccccc6c2c34)c2ccc(N(c3ccccc3)c3ccc(C(C)(C)C)cc3-c3cccc([Si](C)(C)C)c3)c3c4ccccc4n5c23)c1. The third kappa shape index (κ3) is 8.37. The van der Waals surface area contributed by atoms with Crippen molar-refractivity contribution in [1.82, 2.24) is 8.80 Å². The summed E-state index contributed by atoms with van der Waals surface area (Å²) in [6, 6.07) is 87.9. The van der Waals surface area contributed by atoms with Gasteiger partial charge in [0, 0.05) is 65.6 Å². The number of anilines is 6. The van der Waals surface area contributed by atoms with E-state index in [4.69, 9.17) is 0 Å². The van der Waals surface area contributed by atoms with Crippen molar-refractivity contribution in [3.05, 3.63) is 247 Å². The zero-order chi connectivity index (χ0) is 59.3. The molecule has 0 amide bonds. The first-order valence-electron chi connectivity index (χ1n) is 30.8. The minimum atomic E-state index is -1.64. The third-order valence-electron chi connectivity index (χ3n) is 18.6. The molecule has 0 aliphatic rings. The summed E-state index contributed by atoms with van der Waals surface area (Å²) in [5, 5.41) is 11.4. The summed E-state index contributed by atoms with van der Waals surface area (Å²) in [6.07, 6.45) is 0. The van der Waals surface area contributed by atoms with E-state index in [-0.39, 0.29) is 16.2 Å². The van der Waals surface area contributed by atoms with Gasteiger partial charge in [-0.15, -0.1) is 0 Å². The lowest BCUT2D eigenvalue weighted by atomic mass is 9.82. The van der Waals surface area contributed by atoms with E-state index >= 15 is 0 Å². The molecule has 0 bridgehead atoms. The van der Waals surface area contributed by atoms with E-state index in [0.29, 0.717) is 0 Å². The number of hydrogen-bond acceptors (Lipinski definition) is 2. The summed E-state index contributed by atoms with van der Waals surface area (Å²) in [7, 11) is -1.64. The first-order valence-corrected chi connectivity index (χ1v) is 34.3. The molecule has 0 N–H and O–H groups in total. The zero-order valence-corrected chi connectivity index (χ0v) is 52.7. The van der Waals surface area contributed by atoms with Crippen LogP contribution in [0.5, 0.6) is 0 Å². The molecule has 5 heteroatoms. The molecule has 11 aromatic carbocycles. The molecule has 422 valence electrons. The van der Waals surface area contributed by atoms with Gasteiger partial charge in [0.2, 0.25) is 0 Å². The lowest BCUT2D eigenvalue weighted by Crippen LogP contribution is -2.37. The molecule has 86 heavy (non-hydrogen) atoms. The molecule has 15 aromatic rings. The molecular formula is C81H74N4Si. The summed E-state index contributed by atoms with van der Waals surface area (Å²) in [5.74, 6) is 0. The van der Waals surface area contributed by atoms with E-state index in [0.717, 1.165) is 34.1 Å². The number of aromatic nitrogens is 2. The summed E-state index contributed by atoms with van der Waals surface area (Å²) >= 11 is 0. The topological polar surface area (TPSA) is 15.3 Å². The van der Waals surface area contributed by atoms with Crippen molar-refractivity contribution >= 4 is 124 Å². The molecular weight excluding hydrogens is 1060 g/mol. The van der Waals surface area contributed by atoms with Gasteiger partial charge in [0.1, 0.15) is 0 Å². The first-order chi connectivity index (χ1) is 41.2. The van der Waals surface area contributed by atoms with Crippen LogP contribution in [0.3, 0.4) is 0 Å². The van der Waals surface area contributed by atoms with Crippen molar-refractivity contribution in [2.45, 2.75) is 98.2 Å². The molecule has 4 aromatic heterocycles. The Morgan fingerprint density at radius 2 is 0.698 bits per heavy atom. The van der Waals surface area contributed by atoms with Crippen LogP contribution in [0.2, 0.25) is 19.6 Å². The second-order valence-corrected chi connectivity index (χ2v) is 33.3. The normalized spacial score (nSPS) is 12.9. The van der Waals surface area contributed by atoms with Crippen molar-refractivity contribution in [3.63, 3.8) is 0 Å². The summed E-state index contributed by atoms with van der Waals surface area (Å²) < 4.78 is 5.16. The monoisotopic (exact) mass is 1130 g/mol. The maximum absolute atomic E-state index is 2.58. The van der Waals surface area contributed by atoms with Gasteiger partial charge in [0.05, 0.1) is 63.9 Å². The van der Waals surface area contributed by atoms with Crippen molar-refractivity contribution < 1.29 is 0 Å². The third-order valence-corrected chi connectivity index (χ3v) is 20.6. The quantitative estimate of drug-likeness (QED) is 0.134. The highest BCUT2D eigenvalue weighted by Crippen LogP contribution is 2.53. The largest absolute Gasteiger partial charge is 0.309 e. The van der Waals surface area contributed by atoms with Gasteiger partial charge >= 0.3 is 0 Å². The van der Waals surface area contributed by atoms with E-state index in [1.165, 1.54) is 120 Å². The average Bonchev–Trinajstić information content (AvgIpc) is 1.53. The van der Waals surface area contributed by atoms with Crippen LogP contribution >= 0.6 is 0 Å². The Morgan fingerprint density at radius 3 is 1.14 bits per heavy atom. The van der Waals surface area contributed by atoms with Crippen molar-refractivity contribution in [1.29, 1.82) is 0 Å². The second-order valence-electron chi connectivity index (χ2n) is 28.3. The van der Waals surface area contributed by atoms with Crippen LogP contribution in [0, 0.1) is 0 Å². The van der Waals surface area contributed by atoms with E-state index in [2.05, 4.69) is 331 Å². The predicted molar refractivity (Wildman–Crippen MR) is 375 cm³/mol. The Morgan fingerprint density at radius 1 is 0.302 bits per heavy atom. The fraction of sp³-hybridized carbons (Fsp3) is 0.185. The molecule has 0 saturated carbocycles. The fourth-order valence-electron chi connectivity index (χ4n) is 14.0. The molecule has 0 radical (unpaired) electrons. The molecule has 0 unspecified atom stereocenters. The van der Waals surface area contributed by atoms with Crippen LogP contribution in [-0.2, 0) is 16.2 Å². The molecule has 0 aliphatic carbocycles. The number of fused-ring (bicyclic) bond motifs is 12. The van der Waals surface area contributed by atoms with Crippen molar-refractivity contribution in [3.8, 4) is 22.3 Å².